The molecule has 2 rings (SSSR count). The number of rotatable bonds is 4. The Labute approximate surface area is 119 Å². The van der Waals surface area contributed by atoms with Crippen LogP contribution in [0, 0.1) is 5.92 Å². The zero-order valence-corrected chi connectivity index (χ0v) is 12.3. The number of benzene rings is 1. The third-order valence-corrected chi connectivity index (χ3v) is 4.60. The maximum Gasteiger partial charge on any atom is 0.232 e. The van der Waals surface area contributed by atoms with Gasteiger partial charge in [-0.15, -0.1) is 11.8 Å². The second-order valence-electron chi connectivity index (χ2n) is 5.30. The van der Waals surface area contributed by atoms with Crippen LogP contribution >= 0.6 is 11.8 Å². The number of anilines is 1. The molecule has 1 fully saturated rings. The topological polar surface area (TPSA) is 46.3 Å². The van der Waals surface area contributed by atoms with Crippen molar-refractivity contribution in [2.75, 3.05) is 24.6 Å². The molecule has 3 nitrogen and oxygen atoms in total. The summed E-state index contributed by atoms with van der Waals surface area (Å²) in [6.45, 7) is 4.13. The molecule has 1 heterocycles. The molecule has 1 amide bonds. The number of nitrogen functional groups attached to an aromatic ring is 1. The summed E-state index contributed by atoms with van der Waals surface area (Å²) in [5.74, 6) is 2.51. The Morgan fingerprint density at radius 1 is 1.32 bits per heavy atom. The van der Waals surface area contributed by atoms with Crippen LogP contribution in [0.4, 0.5) is 5.69 Å². The van der Waals surface area contributed by atoms with Crippen LogP contribution in [0.1, 0.15) is 25.3 Å². The van der Waals surface area contributed by atoms with Gasteiger partial charge in [0.2, 0.25) is 5.91 Å². The van der Waals surface area contributed by atoms with E-state index in [0.29, 0.717) is 5.75 Å². The van der Waals surface area contributed by atoms with Gasteiger partial charge in [0.15, 0.2) is 0 Å². The predicted octanol–water partition coefficient (Wildman–Crippen LogP) is 2.76. The zero-order chi connectivity index (χ0) is 13.7. The van der Waals surface area contributed by atoms with Crippen molar-refractivity contribution < 1.29 is 4.79 Å². The number of amides is 1. The lowest BCUT2D eigenvalue weighted by Crippen LogP contribution is -2.38. The van der Waals surface area contributed by atoms with E-state index in [2.05, 4.69) is 6.92 Å². The Kier molecular flexibility index (Phi) is 5.14. The smallest absolute Gasteiger partial charge is 0.232 e. The van der Waals surface area contributed by atoms with Gasteiger partial charge in [0.1, 0.15) is 0 Å². The van der Waals surface area contributed by atoms with Crippen LogP contribution in [0.25, 0.3) is 0 Å². The minimum Gasteiger partial charge on any atom is -0.399 e. The molecular weight excluding hydrogens is 256 g/mol. The Balaban J connectivity index is 1.70. The van der Waals surface area contributed by atoms with Gasteiger partial charge < -0.3 is 10.6 Å². The lowest BCUT2D eigenvalue weighted by atomic mass is 9.99. The molecule has 0 bridgehead atoms. The normalized spacial score (nSPS) is 16.6. The summed E-state index contributed by atoms with van der Waals surface area (Å²) in [4.78, 5) is 14.0. The highest BCUT2D eigenvalue weighted by Gasteiger charge is 2.19. The first kappa shape index (κ1) is 14.3. The molecule has 0 aliphatic carbocycles. The molecule has 0 saturated carbocycles. The lowest BCUT2D eigenvalue weighted by Gasteiger charge is -2.30. The number of carbonyl (C=O) groups is 1. The molecule has 1 aliphatic rings. The van der Waals surface area contributed by atoms with Gasteiger partial charge in [-0.1, -0.05) is 19.1 Å². The van der Waals surface area contributed by atoms with Crippen molar-refractivity contribution in [3.63, 3.8) is 0 Å². The molecule has 0 spiro atoms. The van der Waals surface area contributed by atoms with Gasteiger partial charge in [-0.3, -0.25) is 4.79 Å². The van der Waals surface area contributed by atoms with Gasteiger partial charge in [0.25, 0.3) is 0 Å². The summed E-state index contributed by atoms with van der Waals surface area (Å²) in [5.41, 5.74) is 7.65. The molecule has 104 valence electrons. The van der Waals surface area contributed by atoms with Crippen LogP contribution in [0.2, 0.25) is 0 Å². The van der Waals surface area contributed by atoms with Crippen LogP contribution in [-0.4, -0.2) is 29.6 Å². The first-order valence-corrected chi connectivity index (χ1v) is 8.00. The molecule has 0 radical (unpaired) electrons. The van der Waals surface area contributed by atoms with E-state index in [1.807, 2.05) is 29.2 Å². The van der Waals surface area contributed by atoms with Gasteiger partial charge in [-0.05, 0) is 36.5 Å². The van der Waals surface area contributed by atoms with E-state index in [4.69, 9.17) is 5.73 Å². The number of nitrogens with two attached hydrogens (primary N) is 1. The Morgan fingerprint density at radius 2 is 1.95 bits per heavy atom. The summed E-state index contributed by atoms with van der Waals surface area (Å²) >= 11 is 1.68. The Bertz CT molecular complexity index is 411. The number of hydrogen-bond donors (Lipinski definition) is 1. The molecular formula is C15H22N2OS. The largest absolute Gasteiger partial charge is 0.399 e. The second-order valence-corrected chi connectivity index (χ2v) is 6.28. The van der Waals surface area contributed by atoms with Gasteiger partial charge in [-0.2, -0.15) is 0 Å². The van der Waals surface area contributed by atoms with Crippen molar-refractivity contribution in [2.24, 2.45) is 5.92 Å². The fourth-order valence-electron chi connectivity index (χ4n) is 2.22. The van der Waals surface area contributed by atoms with Crippen LogP contribution in [0.3, 0.4) is 0 Å². The van der Waals surface area contributed by atoms with Crippen LogP contribution in [0.5, 0.6) is 0 Å². The number of carbonyl (C=O) groups excluding carboxylic acids is 1. The van der Waals surface area contributed by atoms with E-state index < -0.39 is 0 Å². The highest BCUT2D eigenvalue weighted by molar-refractivity contribution is 7.99. The summed E-state index contributed by atoms with van der Waals surface area (Å²) < 4.78 is 0. The SMILES string of the molecule is CC1CCN(C(=O)CSCc2ccc(N)cc2)CC1. The maximum atomic E-state index is 12.0. The predicted molar refractivity (Wildman–Crippen MR) is 82.0 cm³/mol. The third-order valence-electron chi connectivity index (χ3n) is 3.61. The molecule has 1 aromatic rings. The van der Waals surface area contributed by atoms with Crippen LogP contribution in [-0.2, 0) is 10.5 Å². The molecule has 1 aromatic carbocycles. The van der Waals surface area contributed by atoms with E-state index >= 15 is 0 Å². The van der Waals surface area contributed by atoms with Gasteiger partial charge in [0.05, 0.1) is 5.75 Å². The van der Waals surface area contributed by atoms with Crippen molar-refractivity contribution in [3.05, 3.63) is 29.8 Å². The number of piperidine rings is 1. The number of thioether (sulfide) groups is 1. The van der Waals surface area contributed by atoms with Crippen molar-refractivity contribution in [1.29, 1.82) is 0 Å². The first-order chi connectivity index (χ1) is 9.15. The van der Waals surface area contributed by atoms with Crippen molar-refractivity contribution in [3.8, 4) is 0 Å². The van der Waals surface area contributed by atoms with E-state index in [1.54, 1.807) is 11.8 Å². The average Bonchev–Trinajstić information content (AvgIpc) is 2.41. The van der Waals surface area contributed by atoms with E-state index in [1.165, 1.54) is 5.56 Å². The van der Waals surface area contributed by atoms with E-state index in [9.17, 15) is 4.79 Å². The zero-order valence-electron chi connectivity index (χ0n) is 11.5. The quantitative estimate of drug-likeness (QED) is 0.861. The number of likely N-dealkylation sites (tertiary alicyclic amines) is 1. The summed E-state index contributed by atoms with van der Waals surface area (Å²) in [7, 11) is 0. The molecule has 19 heavy (non-hydrogen) atoms. The Hall–Kier alpha value is -1.16. The van der Waals surface area contributed by atoms with Gasteiger partial charge in [-0.25, -0.2) is 0 Å². The standard InChI is InChI=1S/C15H22N2OS/c1-12-6-8-17(9-7-12)15(18)11-19-10-13-2-4-14(16)5-3-13/h2-5,12H,6-11,16H2,1H3. The third kappa shape index (κ3) is 4.46. The second kappa shape index (κ2) is 6.85. The minimum absolute atomic E-state index is 0.285. The fourth-order valence-corrected chi connectivity index (χ4v) is 3.11. The number of hydrogen-bond acceptors (Lipinski definition) is 3. The molecule has 0 atom stereocenters. The van der Waals surface area contributed by atoms with Crippen LogP contribution < -0.4 is 5.73 Å². The maximum absolute atomic E-state index is 12.0. The molecule has 1 saturated heterocycles. The Morgan fingerprint density at radius 3 is 2.58 bits per heavy atom. The van der Waals surface area contributed by atoms with Crippen LogP contribution in [0.15, 0.2) is 24.3 Å². The average molecular weight is 278 g/mol. The first-order valence-electron chi connectivity index (χ1n) is 6.85. The number of nitrogens with zero attached hydrogens (tertiary/aromatic N) is 1. The van der Waals surface area contributed by atoms with Crippen molar-refractivity contribution in [2.45, 2.75) is 25.5 Å². The van der Waals surface area contributed by atoms with Crippen molar-refractivity contribution >= 4 is 23.4 Å². The van der Waals surface area contributed by atoms with E-state index in [0.717, 1.165) is 43.3 Å². The van der Waals surface area contributed by atoms with Crippen molar-refractivity contribution in [1.82, 2.24) is 4.90 Å². The van der Waals surface area contributed by atoms with Gasteiger partial charge in [0, 0.05) is 24.5 Å². The van der Waals surface area contributed by atoms with E-state index in [-0.39, 0.29) is 5.91 Å². The highest BCUT2D eigenvalue weighted by Crippen LogP contribution is 2.18. The minimum atomic E-state index is 0.285. The molecule has 0 unspecified atom stereocenters. The fraction of sp³-hybridized carbons (Fsp3) is 0.533. The summed E-state index contributed by atoms with van der Waals surface area (Å²) in [6.07, 6.45) is 2.29. The summed E-state index contributed by atoms with van der Waals surface area (Å²) in [5, 5.41) is 0. The lowest BCUT2D eigenvalue weighted by molar-refractivity contribution is -0.129. The highest BCUT2D eigenvalue weighted by atomic mass is 32.2. The molecule has 4 heteroatoms. The molecule has 1 aliphatic heterocycles. The molecule has 2 N–H and O–H groups in total. The molecule has 0 aromatic heterocycles. The monoisotopic (exact) mass is 278 g/mol. The summed E-state index contributed by atoms with van der Waals surface area (Å²) in [6, 6.07) is 7.86. The van der Waals surface area contributed by atoms with Gasteiger partial charge >= 0.3 is 0 Å².